The highest BCUT2D eigenvalue weighted by atomic mass is 127. The Morgan fingerprint density at radius 2 is 1.79 bits per heavy atom. The highest BCUT2D eigenvalue weighted by Gasteiger charge is 2.35. The predicted molar refractivity (Wildman–Crippen MR) is 185 cm³/mol. The normalized spacial score (nSPS) is 14.7. The van der Waals surface area contributed by atoms with Crippen LogP contribution in [0.4, 0.5) is 0 Å². The van der Waals surface area contributed by atoms with Crippen molar-refractivity contribution in [3.8, 4) is 11.8 Å². The van der Waals surface area contributed by atoms with Gasteiger partial charge >= 0.3 is 5.97 Å². The van der Waals surface area contributed by atoms with Gasteiger partial charge in [0.1, 0.15) is 11.8 Å². The average Bonchev–Trinajstić information content (AvgIpc) is 3.30. The van der Waals surface area contributed by atoms with Crippen LogP contribution in [0.3, 0.4) is 0 Å². The second kappa shape index (κ2) is 13.6. The Labute approximate surface area is 280 Å². The summed E-state index contributed by atoms with van der Waals surface area (Å²) in [4.78, 5) is 33.2. The first-order valence-electron chi connectivity index (χ1n) is 13.6. The largest absolute Gasteiger partial charge is 0.477 e. The first-order chi connectivity index (χ1) is 20.7. The highest BCUT2D eigenvalue weighted by Crippen LogP contribution is 2.36. The maximum Gasteiger partial charge on any atom is 0.338 e. The van der Waals surface area contributed by atoms with Gasteiger partial charge in [-0.3, -0.25) is 9.36 Å². The van der Waals surface area contributed by atoms with Crippen LogP contribution in [0.1, 0.15) is 55.0 Å². The molecular weight excluding hydrogens is 788 g/mol. The van der Waals surface area contributed by atoms with E-state index in [2.05, 4.69) is 59.0 Å². The van der Waals surface area contributed by atoms with Gasteiger partial charge in [0, 0.05) is 5.56 Å². The van der Waals surface area contributed by atoms with Crippen LogP contribution < -0.4 is 19.6 Å². The number of aromatic nitrogens is 1. The van der Waals surface area contributed by atoms with Crippen LogP contribution in [-0.4, -0.2) is 23.8 Å². The maximum absolute atomic E-state index is 14.2. The minimum Gasteiger partial charge on any atom is -0.477 e. The van der Waals surface area contributed by atoms with Crippen LogP contribution in [-0.2, 0) is 9.53 Å². The summed E-state index contributed by atoms with van der Waals surface area (Å²) in [6, 6.07) is 22.7. The van der Waals surface area contributed by atoms with Crippen LogP contribution in [0.15, 0.2) is 82.1 Å². The van der Waals surface area contributed by atoms with Crippen LogP contribution >= 0.6 is 56.5 Å². The van der Waals surface area contributed by atoms with Gasteiger partial charge in [0.15, 0.2) is 11.4 Å². The average molecular weight is 815 g/mol. The lowest BCUT2D eigenvalue weighted by Crippen LogP contribution is -2.40. The van der Waals surface area contributed by atoms with Gasteiger partial charge in [-0.1, -0.05) is 79.8 Å². The van der Waals surface area contributed by atoms with Crippen molar-refractivity contribution >= 4 is 74.3 Å². The van der Waals surface area contributed by atoms with E-state index in [4.69, 9.17) is 19.7 Å². The number of thiazole rings is 1. The fraction of sp³-hybridized carbons (Fsp3) is 0.212. The minimum absolute atomic E-state index is 0.0470. The topological polar surface area (TPSA) is 93.7 Å². The van der Waals surface area contributed by atoms with Gasteiger partial charge in [-0.2, -0.15) is 5.26 Å². The third-order valence-electron chi connectivity index (χ3n) is 6.89. The van der Waals surface area contributed by atoms with Gasteiger partial charge in [0.05, 0.1) is 35.6 Å². The quantitative estimate of drug-likeness (QED) is 0.157. The van der Waals surface area contributed by atoms with Crippen molar-refractivity contribution in [3.05, 3.63) is 121 Å². The van der Waals surface area contributed by atoms with Crippen molar-refractivity contribution in [1.82, 2.24) is 4.57 Å². The van der Waals surface area contributed by atoms with Crippen LogP contribution in [0, 0.1) is 18.5 Å². The molecule has 1 aliphatic rings. The molecule has 0 fully saturated rings. The van der Waals surface area contributed by atoms with Crippen LogP contribution in [0.25, 0.3) is 11.8 Å². The smallest absolute Gasteiger partial charge is 0.338 e. The van der Waals surface area contributed by atoms with Crippen molar-refractivity contribution in [2.45, 2.75) is 32.7 Å². The standard InChI is InChI=1S/C33H27I2N3O4S/c1-4-41-32(40)27-28(22-8-6-5-7-9-22)37-33-38(29(27)23-12-10-21(11-13-23)19(2)3)31(39)26(43-33)18-20-16-24(34)30(25(35)17-20)42-15-14-36/h5-13,16-19,29H,4,15H2,1-3H3/b26-18-/t29-/m0/s1. The minimum atomic E-state index is -0.726. The van der Waals surface area contributed by atoms with Crippen LogP contribution in [0.2, 0.25) is 0 Å². The molecule has 3 aromatic carbocycles. The maximum atomic E-state index is 14.2. The third-order valence-corrected chi connectivity index (χ3v) is 9.48. The number of nitriles is 1. The van der Waals surface area contributed by atoms with Crippen LogP contribution in [0.5, 0.6) is 5.75 Å². The number of hydrogen-bond donors (Lipinski definition) is 0. The summed E-state index contributed by atoms with van der Waals surface area (Å²) in [5, 5.41) is 8.92. The van der Waals surface area contributed by atoms with Gasteiger partial charge in [0.2, 0.25) is 0 Å². The number of carbonyl (C=O) groups is 1. The molecule has 0 aliphatic carbocycles. The van der Waals surface area contributed by atoms with E-state index in [0.29, 0.717) is 32.3 Å². The summed E-state index contributed by atoms with van der Waals surface area (Å²) in [6.07, 6.45) is 1.83. The van der Waals surface area contributed by atoms with Gasteiger partial charge in [0.25, 0.3) is 5.56 Å². The number of nitrogens with zero attached hydrogens (tertiary/aromatic N) is 3. The molecule has 0 bridgehead atoms. The molecule has 10 heteroatoms. The molecule has 0 spiro atoms. The Kier molecular flexibility index (Phi) is 9.83. The highest BCUT2D eigenvalue weighted by molar-refractivity contribution is 14.1. The Hall–Kier alpha value is -3.28. The molecule has 1 atom stereocenters. The fourth-order valence-corrected chi connectivity index (χ4v) is 8.00. The number of benzene rings is 3. The number of fused-ring (bicyclic) bond motifs is 1. The second-order valence-electron chi connectivity index (χ2n) is 10.0. The van der Waals surface area contributed by atoms with Crippen molar-refractivity contribution < 1.29 is 14.3 Å². The molecule has 5 rings (SSSR count). The molecule has 1 aromatic heterocycles. The van der Waals surface area contributed by atoms with Gasteiger partial charge in [-0.15, -0.1) is 0 Å². The number of esters is 1. The molecule has 43 heavy (non-hydrogen) atoms. The first-order valence-corrected chi connectivity index (χ1v) is 16.6. The van der Waals surface area contributed by atoms with E-state index in [1.807, 2.05) is 78.9 Å². The third kappa shape index (κ3) is 6.49. The molecule has 2 heterocycles. The van der Waals surface area contributed by atoms with E-state index in [0.717, 1.165) is 29.4 Å². The molecule has 1 aliphatic heterocycles. The Balaban J connectivity index is 1.76. The molecule has 0 unspecified atom stereocenters. The SMILES string of the molecule is CCOC(=O)C1=C(c2ccccc2)N=c2s/c(=C\c3cc(I)c(OCC#N)c(I)c3)c(=O)n2[C@H]1c1ccc(C(C)C)cc1. The lowest BCUT2D eigenvalue weighted by atomic mass is 9.91. The summed E-state index contributed by atoms with van der Waals surface area (Å²) in [5.41, 5.74) is 4.11. The summed E-state index contributed by atoms with van der Waals surface area (Å²) in [5.74, 6) is 0.463. The van der Waals surface area contributed by atoms with Gasteiger partial charge in [-0.25, -0.2) is 9.79 Å². The zero-order valence-corrected chi connectivity index (χ0v) is 28.8. The van der Waals surface area contributed by atoms with E-state index in [1.54, 1.807) is 11.5 Å². The van der Waals surface area contributed by atoms with E-state index in [-0.39, 0.29) is 18.8 Å². The number of halogens is 2. The Morgan fingerprint density at radius 1 is 1.12 bits per heavy atom. The van der Waals surface area contributed by atoms with E-state index >= 15 is 0 Å². The molecule has 0 amide bonds. The van der Waals surface area contributed by atoms with E-state index < -0.39 is 12.0 Å². The van der Waals surface area contributed by atoms with Crippen molar-refractivity contribution in [2.24, 2.45) is 4.99 Å². The molecule has 0 N–H and O–H groups in total. The molecule has 4 aromatic rings. The zero-order valence-electron chi connectivity index (χ0n) is 23.6. The number of hydrogen-bond acceptors (Lipinski definition) is 7. The first kappa shape index (κ1) is 31.2. The Bertz CT molecular complexity index is 1920. The molecule has 218 valence electrons. The lowest BCUT2D eigenvalue weighted by molar-refractivity contribution is -0.138. The monoisotopic (exact) mass is 815 g/mol. The molecule has 0 saturated carbocycles. The predicted octanol–water partition coefficient (Wildman–Crippen LogP) is 6.17. The van der Waals surface area contributed by atoms with Crippen molar-refractivity contribution in [3.63, 3.8) is 0 Å². The number of ether oxygens (including phenoxy) is 2. The second-order valence-corrected chi connectivity index (χ2v) is 13.3. The molecule has 0 saturated heterocycles. The summed E-state index contributed by atoms with van der Waals surface area (Å²) < 4.78 is 14.9. The summed E-state index contributed by atoms with van der Waals surface area (Å²) >= 11 is 5.62. The van der Waals surface area contributed by atoms with Gasteiger partial charge < -0.3 is 9.47 Å². The van der Waals surface area contributed by atoms with Gasteiger partial charge in [-0.05, 0) is 92.9 Å². The molecule has 7 nitrogen and oxygen atoms in total. The molecule has 0 radical (unpaired) electrons. The fourth-order valence-electron chi connectivity index (χ4n) is 4.88. The van der Waals surface area contributed by atoms with E-state index in [1.165, 1.54) is 11.3 Å². The number of carbonyl (C=O) groups excluding carboxylic acids is 1. The Morgan fingerprint density at radius 3 is 2.40 bits per heavy atom. The number of rotatable bonds is 8. The lowest BCUT2D eigenvalue weighted by Gasteiger charge is -2.26. The van der Waals surface area contributed by atoms with E-state index in [9.17, 15) is 9.59 Å². The molecular formula is C33H27I2N3O4S. The van der Waals surface area contributed by atoms with Crippen molar-refractivity contribution in [2.75, 3.05) is 13.2 Å². The summed E-state index contributed by atoms with van der Waals surface area (Å²) in [6.45, 7) is 6.16. The zero-order chi connectivity index (χ0) is 30.7. The van der Waals surface area contributed by atoms with Crippen molar-refractivity contribution in [1.29, 1.82) is 5.26 Å². The summed E-state index contributed by atoms with van der Waals surface area (Å²) in [7, 11) is 0.